The average Bonchev–Trinajstić information content (AvgIpc) is 3.18. The first-order chi connectivity index (χ1) is 10.1. The molecule has 3 heterocycles. The molecule has 0 spiro atoms. The maximum atomic E-state index is 5.45. The van der Waals surface area contributed by atoms with Gasteiger partial charge in [-0.2, -0.15) is 4.98 Å². The van der Waals surface area contributed by atoms with Crippen LogP contribution in [0.25, 0.3) is 0 Å². The van der Waals surface area contributed by atoms with Gasteiger partial charge in [0.1, 0.15) is 0 Å². The highest BCUT2D eigenvalue weighted by molar-refractivity contribution is 4.97. The molecule has 5 nitrogen and oxygen atoms in total. The van der Waals surface area contributed by atoms with Gasteiger partial charge in [-0.1, -0.05) is 19.0 Å². The first kappa shape index (κ1) is 15.0. The summed E-state index contributed by atoms with van der Waals surface area (Å²) < 4.78 is 5.45. The lowest BCUT2D eigenvalue weighted by Crippen LogP contribution is -2.44. The molecule has 0 radical (unpaired) electrons. The molecule has 2 saturated heterocycles. The smallest absolute Gasteiger partial charge is 0.243 e. The van der Waals surface area contributed by atoms with E-state index in [0.29, 0.717) is 5.92 Å². The maximum absolute atomic E-state index is 5.45. The van der Waals surface area contributed by atoms with Crippen molar-refractivity contribution in [2.24, 2.45) is 0 Å². The Morgan fingerprint density at radius 1 is 1.05 bits per heavy atom. The van der Waals surface area contributed by atoms with Crippen LogP contribution in [0.5, 0.6) is 0 Å². The number of nitrogens with zero attached hydrogens (tertiary/aromatic N) is 4. The van der Waals surface area contributed by atoms with Gasteiger partial charge < -0.3 is 9.42 Å². The van der Waals surface area contributed by atoms with Crippen LogP contribution in [0.2, 0.25) is 0 Å². The van der Waals surface area contributed by atoms with Gasteiger partial charge in [-0.3, -0.25) is 4.90 Å². The fourth-order valence-corrected chi connectivity index (χ4v) is 3.55. The average molecular weight is 292 g/mol. The van der Waals surface area contributed by atoms with Gasteiger partial charge in [0.25, 0.3) is 0 Å². The van der Waals surface area contributed by atoms with Gasteiger partial charge in [-0.25, -0.2) is 0 Å². The molecule has 1 unspecified atom stereocenters. The second kappa shape index (κ2) is 6.44. The molecule has 21 heavy (non-hydrogen) atoms. The number of hydrogen-bond acceptors (Lipinski definition) is 5. The van der Waals surface area contributed by atoms with Crippen molar-refractivity contribution in [1.82, 2.24) is 19.9 Å². The van der Waals surface area contributed by atoms with Gasteiger partial charge in [0.15, 0.2) is 5.82 Å². The van der Waals surface area contributed by atoms with Crippen LogP contribution in [0, 0.1) is 0 Å². The van der Waals surface area contributed by atoms with Crippen molar-refractivity contribution in [3.05, 3.63) is 11.7 Å². The monoisotopic (exact) mass is 292 g/mol. The van der Waals surface area contributed by atoms with E-state index in [1.165, 1.54) is 38.8 Å². The van der Waals surface area contributed by atoms with E-state index in [9.17, 15) is 0 Å². The molecule has 0 amide bonds. The molecule has 1 atom stereocenters. The standard InChI is InChI=1S/C16H28N4O/c1-12(2)15-17-16(21-18-15)13(3)19-10-6-14(7-11-19)20-8-4-5-9-20/h12-14H,4-11H2,1-3H3. The summed E-state index contributed by atoms with van der Waals surface area (Å²) in [7, 11) is 0. The molecule has 1 aromatic rings. The third kappa shape index (κ3) is 3.29. The van der Waals surface area contributed by atoms with Crippen LogP contribution in [-0.4, -0.2) is 52.2 Å². The van der Waals surface area contributed by atoms with Crippen molar-refractivity contribution < 1.29 is 4.52 Å². The Morgan fingerprint density at radius 3 is 2.29 bits per heavy atom. The summed E-state index contributed by atoms with van der Waals surface area (Å²) in [4.78, 5) is 9.73. The summed E-state index contributed by atoms with van der Waals surface area (Å²) in [6.45, 7) is 11.3. The summed E-state index contributed by atoms with van der Waals surface area (Å²) in [5.41, 5.74) is 0. The van der Waals surface area contributed by atoms with Crippen LogP contribution in [0.4, 0.5) is 0 Å². The van der Waals surface area contributed by atoms with E-state index in [1.54, 1.807) is 0 Å². The van der Waals surface area contributed by atoms with E-state index in [4.69, 9.17) is 4.52 Å². The minimum Gasteiger partial charge on any atom is -0.338 e. The fraction of sp³-hybridized carbons (Fsp3) is 0.875. The Labute approximate surface area is 127 Å². The summed E-state index contributed by atoms with van der Waals surface area (Å²) in [6, 6.07) is 1.04. The minimum absolute atomic E-state index is 0.240. The molecule has 118 valence electrons. The number of rotatable bonds is 4. The van der Waals surface area contributed by atoms with E-state index in [1.807, 2.05) is 0 Å². The summed E-state index contributed by atoms with van der Waals surface area (Å²) in [5, 5.41) is 4.09. The second-order valence-corrected chi connectivity index (χ2v) is 6.83. The molecular formula is C16H28N4O. The van der Waals surface area contributed by atoms with Crippen molar-refractivity contribution in [3.63, 3.8) is 0 Å². The topological polar surface area (TPSA) is 45.4 Å². The Hall–Kier alpha value is -0.940. The van der Waals surface area contributed by atoms with Crippen molar-refractivity contribution in [2.45, 2.75) is 64.5 Å². The van der Waals surface area contributed by atoms with Gasteiger partial charge >= 0.3 is 0 Å². The van der Waals surface area contributed by atoms with Gasteiger partial charge in [-0.15, -0.1) is 0 Å². The largest absolute Gasteiger partial charge is 0.338 e. The van der Waals surface area contributed by atoms with E-state index in [0.717, 1.165) is 30.8 Å². The third-order valence-corrected chi connectivity index (χ3v) is 5.04. The molecule has 0 saturated carbocycles. The molecule has 2 aliphatic heterocycles. The summed E-state index contributed by atoms with van der Waals surface area (Å²) in [5.74, 6) is 1.93. The van der Waals surface area contributed by atoms with Crippen molar-refractivity contribution >= 4 is 0 Å². The number of hydrogen-bond donors (Lipinski definition) is 0. The normalized spacial score (nSPS) is 24.0. The van der Waals surface area contributed by atoms with Crippen LogP contribution < -0.4 is 0 Å². The summed E-state index contributed by atoms with van der Waals surface area (Å²) in [6.07, 6.45) is 5.32. The van der Waals surface area contributed by atoms with Gasteiger partial charge in [0.05, 0.1) is 6.04 Å². The van der Waals surface area contributed by atoms with E-state index < -0.39 is 0 Å². The zero-order chi connectivity index (χ0) is 14.8. The van der Waals surface area contributed by atoms with Crippen LogP contribution in [0.1, 0.15) is 70.1 Å². The predicted molar refractivity (Wildman–Crippen MR) is 82.2 cm³/mol. The van der Waals surface area contributed by atoms with Crippen LogP contribution in [0.3, 0.4) is 0 Å². The van der Waals surface area contributed by atoms with E-state index >= 15 is 0 Å². The van der Waals surface area contributed by atoms with Gasteiger partial charge in [-0.05, 0) is 45.7 Å². The van der Waals surface area contributed by atoms with E-state index in [2.05, 4.69) is 40.7 Å². The molecule has 2 fully saturated rings. The van der Waals surface area contributed by atoms with Crippen LogP contribution in [-0.2, 0) is 0 Å². The van der Waals surface area contributed by atoms with Crippen molar-refractivity contribution in [1.29, 1.82) is 0 Å². The zero-order valence-electron chi connectivity index (χ0n) is 13.6. The molecule has 2 aliphatic rings. The number of likely N-dealkylation sites (tertiary alicyclic amines) is 2. The Morgan fingerprint density at radius 2 is 1.71 bits per heavy atom. The SMILES string of the molecule is CC(C)c1noc(C(C)N2CCC(N3CCCC3)CC2)n1. The Bertz CT molecular complexity index is 445. The van der Waals surface area contributed by atoms with Gasteiger partial charge in [0.2, 0.25) is 5.89 Å². The number of aromatic nitrogens is 2. The molecular weight excluding hydrogens is 264 g/mol. The molecule has 0 N–H and O–H groups in total. The molecule has 0 aliphatic carbocycles. The molecule has 3 rings (SSSR count). The third-order valence-electron chi connectivity index (χ3n) is 5.04. The second-order valence-electron chi connectivity index (χ2n) is 6.83. The quantitative estimate of drug-likeness (QED) is 0.854. The maximum Gasteiger partial charge on any atom is 0.243 e. The predicted octanol–water partition coefficient (Wildman–Crippen LogP) is 2.81. The lowest BCUT2D eigenvalue weighted by Gasteiger charge is -2.38. The summed E-state index contributed by atoms with van der Waals surface area (Å²) >= 11 is 0. The Balaban J connectivity index is 1.55. The fourth-order valence-electron chi connectivity index (χ4n) is 3.55. The van der Waals surface area contributed by atoms with Crippen molar-refractivity contribution in [2.75, 3.05) is 26.2 Å². The first-order valence-corrected chi connectivity index (χ1v) is 8.46. The molecule has 1 aromatic heterocycles. The van der Waals surface area contributed by atoms with Crippen molar-refractivity contribution in [3.8, 4) is 0 Å². The van der Waals surface area contributed by atoms with Crippen LogP contribution >= 0.6 is 0 Å². The zero-order valence-corrected chi connectivity index (χ0v) is 13.6. The first-order valence-electron chi connectivity index (χ1n) is 8.46. The highest BCUT2D eigenvalue weighted by Gasteiger charge is 2.30. The lowest BCUT2D eigenvalue weighted by molar-refractivity contribution is 0.0891. The molecule has 0 aromatic carbocycles. The van der Waals surface area contributed by atoms with E-state index in [-0.39, 0.29) is 6.04 Å². The van der Waals surface area contributed by atoms with Crippen LogP contribution in [0.15, 0.2) is 4.52 Å². The number of piperidine rings is 1. The van der Waals surface area contributed by atoms with Gasteiger partial charge in [0, 0.05) is 25.0 Å². The Kier molecular flexibility index (Phi) is 4.60. The highest BCUT2D eigenvalue weighted by atomic mass is 16.5. The molecule has 0 bridgehead atoms. The molecule has 5 heteroatoms. The minimum atomic E-state index is 0.240. The lowest BCUT2D eigenvalue weighted by atomic mass is 10.0. The highest BCUT2D eigenvalue weighted by Crippen LogP contribution is 2.27.